The van der Waals surface area contributed by atoms with Crippen molar-refractivity contribution >= 4 is 16.8 Å². The molecule has 3 aromatic rings. The molecule has 0 radical (unpaired) electrons. The van der Waals surface area contributed by atoms with Gasteiger partial charge in [0.25, 0.3) is 0 Å². The number of carbonyl (C=O) groups is 1. The van der Waals surface area contributed by atoms with E-state index in [4.69, 9.17) is 20.9 Å². The van der Waals surface area contributed by atoms with Gasteiger partial charge in [0.2, 0.25) is 5.91 Å². The van der Waals surface area contributed by atoms with Crippen molar-refractivity contribution in [1.29, 1.82) is 0 Å². The lowest BCUT2D eigenvalue weighted by atomic mass is 10.0. The minimum Gasteiger partial charge on any atom is -0.497 e. The molecule has 9 heteroatoms. The van der Waals surface area contributed by atoms with E-state index in [1.165, 1.54) is 12.1 Å². The number of nitrogens with two attached hydrogens (primary N) is 2. The molecule has 1 amide bonds. The van der Waals surface area contributed by atoms with Gasteiger partial charge in [0.05, 0.1) is 30.7 Å². The molecule has 3 rings (SSSR count). The van der Waals surface area contributed by atoms with Gasteiger partial charge in [0.15, 0.2) is 5.43 Å². The number of rotatable bonds is 13. The van der Waals surface area contributed by atoms with Gasteiger partial charge >= 0.3 is 0 Å². The van der Waals surface area contributed by atoms with Crippen LogP contribution in [0.15, 0.2) is 47.4 Å². The van der Waals surface area contributed by atoms with E-state index >= 15 is 4.39 Å². The molecule has 2 aromatic carbocycles. The first-order chi connectivity index (χ1) is 17.4. The maximum Gasteiger partial charge on any atom is 0.236 e. The molecule has 8 nitrogen and oxygen atoms in total. The van der Waals surface area contributed by atoms with Crippen LogP contribution in [0.25, 0.3) is 22.0 Å². The molecule has 1 aromatic heterocycles. The van der Waals surface area contributed by atoms with E-state index in [1.54, 1.807) is 42.1 Å². The predicted molar refractivity (Wildman–Crippen MR) is 140 cm³/mol. The number of methoxy groups -OCH3 is 1. The number of pyridine rings is 1. The number of carbonyl (C=O) groups excluding carboxylic acids is 1. The number of unbranched alkanes of at least 4 members (excludes halogenated alkanes) is 1. The molecule has 0 aliphatic heterocycles. The summed E-state index contributed by atoms with van der Waals surface area (Å²) in [7, 11) is 1.56. The van der Waals surface area contributed by atoms with Gasteiger partial charge in [-0.1, -0.05) is 25.5 Å². The van der Waals surface area contributed by atoms with E-state index in [9.17, 15) is 9.59 Å². The van der Waals surface area contributed by atoms with Gasteiger partial charge in [-0.2, -0.15) is 0 Å². The number of aromatic nitrogens is 1. The number of hydrogen-bond acceptors (Lipinski definition) is 6. The number of ether oxygens (including phenoxy) is 2. The van der Waals surface area contributed by atoms with E-state index in [0.717, 1.165) is 19.3 Å². The first-order valence-electron chi connectivity index (χ1n) is 12.3. The molecule has 5 N–H and O–H groups in total. The third kappa shape index (κ3) is 6.41. The van der Waals surface area contributed by atoms with Gasteiger partial charge < -0.3 is 30.8 Å². The van der Waals surface area contributed by atoms with E-state index in [-0.39, 0.29) is 24.4 Å². The number of fused-ring (bicyclic) bond motifs is 1. The van der Waals surface area contributed by atoms with E-state index in [0.29, 0.717) is 47.7 Å². The summed E-state index contributed by atoms with van der Waals surface area (Å²) in [5.74, 6) is 0.165. The van der Waals surface area contributed by atoms with Crippen LogP contribution in [0.4, 0.5) is 4.39 Å². The molecule has 194 valence electrons. The van der Waals surface area contributed by atoms with Crippen molar-refractivity contribution in [3.8, 4) is 22.6 Å². The molecule has 0 fully saturated rings. The van der Waals surface area contributed by atoms with Crippen LogP contribution in [-0.2, 0) is 11.3 Å². The molecule has 0 bridgehead atoms. The molecular weight excluding hydrogens is 463 g/mol. The Balaban J connectivity index is 1.99. The molecule has 0 saturated carbocycles. The molecule has 1 heterocycles. The average Bonchev–Trinajstić information content (AvgIpc) is 2.89. The summed E-state index contributed by atoms with van der Waals surface area (Å²) in [4.78, 5) is 25.9. The van der Waals surface area contributed by atoms with Crippen LogP contribution in [0, 0.1) is 5.82 Å². The highest BCUT2D eigenvalue weighted by molar-refractivity contribution is 5.89. The van der Waals surface area contributed by atoms with Gasteiger partial charge in [-0.3, -0.25) is 9.59 Å². The molecule has 0 aliphatic rings. The van der Waals surface area contributed by atoms with Crippen LogP contribution in [0.5, 0.6) is 11.5 Å². The summed E-state index contributed by atoms with van der Waals surface area (Å²) in [5, 5.41) is 2.79. The highest BCUT2D eigenvalue weighted by Crippen LogP contribution is 2.29. The zero-order chi connectivity index (χ0) is 26.1. The van der Waals surface area contributed by atoms with Crippen LogP contribution < -0.4 is 31.7 Å². The predicted octanol–water partition coefficient (Wildman–Crippen LogP) is 3.18. The Morgan fingerprint density at radius 1 is 1.17 bits per heavy atom. The Labute approximate surface area is 210 Å². The first kappa shape index (κ1) is 27.2. The zero-order valence-corrected chi connectivity index (χ0v) is 20.9. The van der Waals surface area contributed by atoms with Crippen molar-refractivity contribution in [2.45, 2.75) is 45.2 Å². The second-order valence-electron chi connectivity index (χ2n) is 8.59. The molecule has 0 spiro atoms. The fourth-order valence-electron chi connectivity index (χ4n) is 4.01. The van der Waals surface area contributed by atoms with Gasteiger partial charge in [0, 0.05) is 24.8 Å². The Morgan fingerprint density at radius 2 is 1.92 bits per heavy atom. The summed E-state index contributed by atoms with van der Waals surface area (Å²) in [6.07, 6.45) is 4.57. The average molecular weight is 499 g/mol. The summed E-state index contributed by atoms with van der Waals surface area (Å²) < 4.78 is 27.9. The highest BCUT2D eigenvalue weighted by atomic mass is 19.1. The van der Waals surface area contributed by atoms with Crippen molar-refractivity contribution in [3.63, 3.8) is 0 Å². The first-order valence-corrected chi connectivity index (χ1v) is 12.3. The van der Waals surface area contributed by atoms with E-state index in [2.05, 4.69) is 5.32 Å². The quantitative estimate of drug-likeness (QED) is 0.311. The van der Waals surface area contributed by atoms with Gasteiger partial charge in [-0.25, -0.2) is 4.39 Å². The van der Waals surface area contributed by atoms with Crippen LogP contribution in [0.1, 0.15) is 32.6 Å². The van der Waals surface area contributed by atoms with E-state index in [1.807, 2.05) is 6.92 Å². The van der Waals surface area contributed by atoms with Crippen LogP contribution >= 0.6 is 0 Å². The molecule has 1 unspecified atom stereocenters. The summed E-state index contributed by atoms with van der Waals surface area (Å²) >= 11 is 0. The van der Waals surface area contributed by atoms with Crippen molar-refractivity contribution < 1.29 is 18.7 Å². The molecule has 0 aliphatic carbocycles. The van der Waals surface area contributed by atoms with Crippen molar-refractivity contribution in [2.75, 3.05) is 26.8 Å². The Bertz CT molecular complexity index is 1230. The fourth-order valence-corrected chi connectivity index (χ4v) is 4.01. The molecule has 1 atom stereocenters. The van der Waals surface area contributed by atoms with Crippen LogP contribution in [-0.4, -0.2) is 43.3 Å². The van der Waals surface area contributed by atoms with Gasteiger partial charge in [0.1, 0.15) is 17.3 Å². The van der Waals surface area contributed by atoms with Crippen LogP contribution in [0.2, 0.25) is 0 Å². The van der Waals surface area contributed by atoms with Crippen LogP contribution in [0.3, 0.4) is 0 Å². The monoisotopic (exact) mass is 498 g/mol. The fraction of sp³-hybridized carbons (Fsp3) is 0.407. The SMILES string of the molecule is CCCOc1ccc(F)c2c(=O)c(-c3ccc(OC)cc3)cn(CCNC(=O)C(N)CCCCN)c12. The highest BCUT2D eigenvalue weighted by Gasteiger charge is 2.19. The van der Waals surface area contributed by atoms with Crippen molar-refractivity contribution in [2.24, 2.45) is 11.5 Å². The smallest absolute Gasteiger partial charge is 0.236 e. The summed E-state index contributed by atoms with van der Waals surface area (Å²) in [5.41, 5.74) is 12.4. The lowest BCUT2D eigenvalue weighted by molar-refractivity contribution is -0.122. The lowest BCUT2D eigenvalue weighted by Gasteiger charge is -2.18. The van der Waals surface area contributed by atoms with Crippen molar-refractivity contribution in [3.05, 3.63) is 58.6 Å². The van der Waals surface area contributed by atoms with Gasteiger partial charge in [-0.05, 0) is 55.6 Å². The third-order valence-electron chi connectivity index (χ3n) is 5.95. The second-order valence-corrected chi connectivity index (χ2v) is 8.59. The van der Waals surface area contributed by atoms with E-state index < -0.39 is 17.3 Å². The summed E-state index contributed by atoms with van der Waals surface area (Å²) in [6.45, 7) is 3.47. The number of benzene rings is 2. The zero-order valence-electron chi connectivity index (χ0n) is 20.9. The molecule has 0 saturated heterocycles. The third-order valence-corrected chi connectivity index (χ3v) is 5.95. The Kier molecular flexibility index (Phi) is 9.84. The maximum atomic E-state index is 15.1. The van der Waals surface area contributed by atoms with Crippen molar-refractivity contribution in [1.82, 2.24) is 9.88 Å². The number of halogens is 1. The minimum atomic E-state index is -0.631. The standard InChI is InChI=1S/C27H35FN4O4/c1-3-16-36-23-12-11-21(28)24-25(23)32(15-14-31-27(34)22(30)6-4-5-13-29)17-20(26(24)33)18-7-9-19(35-2)10-8-18/h7-12,17,22H,3-6,13-16,29-30H2,1-2H3,(H,31,34). The number of hydrogen-bond donors (Lipinski definition) is 3. The number of amides is 1. The number of nitrogens with zero attached hydrogens (tertiary/aromatic N) is 1. The largest absolute Gasteiger partial charge is 0.497 e. The molecular formula is C27H35FN4O4. The topological polar surface area (TPSA) is 122 Å². The maximum absolute atomic E-state index is 15.1. The molecule has 36 heavy (non-hydrogen) atoms. The lowest BCUT2D eigenvalue weighted by Crippen LogP contribution is -2.41. The Morgan fingerprint density at radius 3 is 2.58 bits per heavy atom. The second kappa shape index (κ2) is 13.0. The number of nitrogens with one attached hydrogen (secondary N) is 1. The minimum absolute atomic E-state index is 0.0540. The summed E-state index contributed by atoms with van der Waals surface area (Å²) in [6, 6.07) is 9.14. The van der Waals surface area contributed by atoms with Gasteiger partial charge in [-0.15, -0.1) is 0 Å². The Hall–Kier alpha value is -3.43. The normalized spacial score (nSPS) is 11.9.